The normalized spacial score (nSPS) is 17.3. The Balaban J connectivity index is 2.12. The van der Waals surface area contributed by atoms with Gasteiger partial charge in [0.05, 0.1) is 11.7 Å². The highest BCUT2D eigenvalue weighted by Crippen LogP contribution is 2.32. The fourth-order valence-electron chi connectivity index (χ4n) is 2.05. The van der Waals surface area contributed by atoms with Crippen molar-refractivity contribution in [3.63, 3.8) is 0 Å². The molecule has 0 aliphatic heterocycles. The molecule has 2 rings (SSSR count). The van der Waals surface area contributed by atoms with Crippen molar-refractivity contribution in [1.82, 2.24) is 15.1 Å². The van der Waals surface area contributed by atoms with Crippen molar-refractivity contribution < 1.29 is 10.0 Å². The number of amidine groups is 1. The summed E-state index contributed by atoms with van der Waals surface area (Å²) in [6, 6.07) is 1.35. The Morgan fingerprint density at radius 1 is 1.74 bits per heavy atom. The average molecular weight is 265 g/mol. The van der Waals surface area contributed by atoms with Gasteiger partial charge in [0, 0.05) is 7.05 Å². The first-order chi connectivity index (χ1) is 9.06. The van der Waals surface area contributed by atoms with Crippen molar-refractivity contribution >= 4 is 11.7 Å². The van der Waals surface area contributed by atoms with E-state index in [2.05, 4.69) is 15.6 Å². The van der Waals surface area contributed by atoms with Gasteiger partial charge in [-0.15, -0.1) is 0 Å². The zero-order chi connectivity index (χ0) is 14.0. The van der Waals surface area contributed by atoms with E-state index >= 15 is 0 Å². The number of aromatic nitrogens is 2. The van der Waals surface area contributed by atoms with E-state index in [1.807, 2.05) is 6.92 Å². The van der Waals surface area contributed by atoms with Crippen LogP contribution in [-0.2, 0) is 13.5 Å². The van der Waals surface area contributed by atoms with Gasteiger partial charge in [-0.1, -0.05) is 12.1 Å². The van der Waals surface area contributed by atoms with Crippen LogP contribution in [0.4, 0.5) is 0 Å². The van der Waals surface area contributed by atoms with Crippen LogP contribution >= 0.6 is 0 Å². The van der Waals surface area contributed by atoms with Crippen molar-refractivity contribution in [2.45, 2.75) is 32.2 Å². The summed E-state index contributed by atoms with van der Waals surface area (Å²) in [5, 5.41) is 18.8. The van der Waals surface area contributed by atoms with Gasteiger partial charge < -0.3 is 16.3 Å². The van der Waals surface area contributed by atoms with Gasteiger partial charge in [-0.25, -0.2) is 0 Å². The second kappa shape index (κ2) is 5.29. The predicted molar refractivity (Wildman–Crippen MR) is 70.0 cm³/mol. The van der Waals surface area contributed by atoms with E-state index in [0.717, 1.165) is 25.0 Å². The second-order valence-corrected chi connectivity index (χ2v) is 4.81. The fourth-order valence-corrected chi connectivity index (χ4v) is 2.05. The first kappa shape index (κ1) is 13.4. The lowest BCUT2D eigenvalue weighted by Gasteiger charge is -2.16. The summed E-state index contributed by atoms with van der Waals surface area (Å²) in [5.41, 5.74) is 6.96. The molecule has 1 amide bonds. The summed E-state index contributed by atoms with van der Waals surface area (Å²) in [6.07, 6.45) is 2.73. The molecule has 104 valence electrons. The molecule has 1 atom stereocenters. The molecule has 0 bridgehead atoms. The summed E-state index contributed by atoms with van der Waals surface area (Å²) in [6.45, 7) is 1.98. The second-order valence-electron chi connectivity index (χ2n) is 4.81. The van der Waals surface area contributed by atoms with Crippen LogP contribution in [0.1, 0.15) is 35.9 Å². The van der Waals surface area contributed by atoms with E-state index in [9.17, 15) is 4.79 Å². The summed E-state index contributed by atoms with van der Waals surface area (Å²) in [4.78, 5) is 12.2. The molecule has 7 nitrogen and oxygen atoms in total. The number of hydrogen-bond acceptors (Lipinski definition) is 4. The van der Waals surface area contributed by atoms with Gasteiger partial charge in [0.15, 0.2) is 5.84 Å². The first-order valence-electron chi connectivity index (χ1n) is 6.38. The van der Waals surface area contributed by atoms with Crippen LogP contribution in [-0.4, -0.2) is 32.8 Å². The van der Waals surface area contributed by atoms with Gasteiger partial charge >= 0.3 is 0 Å². The van der Waals surface area contributed by atoms with Crippen LogP contribution in [0.2, 0.25) is 0 Å². The van der Waals surface area contributed by atoms with Crippen LogP contribution < -0.4 is 11.1 Å². The van der Waals surface area contributed by atoms with E-state index in [1.54, 1.807) is 17.8 Å². The Morgan fingerprint density at radius 2 is 2.42 bits per heavy atom. The quantitative estimate of drug-likeness (QED) is 0.307. The molecule has 1 aromatic rings. The third-order valence-electron chi connectivity index (χ3n) is 3.34. The largest absolute Gasteiger partial charge is 0.409 e. The molecule has 0 aromatic carbocycles. The number of nitrogens with two attached hydrogens (primary N) is 1. The molecule has 7 heteroatoms. The minimum Gasteiger partial charge on any atom is -0.409 e. The molecule has 19 heavy (non-hydrogen) atoms. The number of aryl methyl sites for hydroxylation is 2. The molecule has 1 fully saturated rings. The smallest absolute Gasteiger partial charge is 0.270 e. The monoisotopic (exact) mass is 265 g/mol. The van der Waals surface area contributed by atoms with Crippen LogP contribution in [0.3, 0.4) is 0 Å². The number of hydrogen-bond donors (Lipinski definition) is 3. The van der Waals surface area contributed by atoms with Crippen molar-refractivity contribution in [3.8, 4) is 0 Å². The van der Waals surface area contributed by atoms with Gasteiger partial charge in [0.2, 0.25) is 0 Å². The third-order valence-corrected chi connectivity index (χ3v) is 3.34. The van der Waals surface area contributed by atoms with Gasteiger partial charge in [0.25, 0.3) is 5.91 Å². The van der Waals surface area contributed by atoms with E-state index in [1.165, 1.54) is 0 Å². The zero-order valence-electron chi connectivity index (χ0n) is 11.1. The Bertz CT molecular complexity index is 504. The fraction of sp³-hybridized carbons (Fsp3) is 0.583. The minimum absolute atomic E-state index is 0.0498. The summed E-state index contributed by atoms with van der Waals surface area (Å²) in [5.74, 6) is 0.0608. The Kier molecular flexibility index (Phi) is 3.73. The number of nitrogens with zero attached hydrogens (tertiary/aromatic N) is 3. The van der Waals surface area contributed by atoms with E-state index < -0.39 is 6.04 Å². The number of nitrogens with one attached hydrogen (secondary N) is 1. The SMILES string of the molecule is CCc1cc(C(=O)NC(C(N)=NO)C2CC2)n(C)n1. The molecule has 1 saturated carbocycles. The standard InChI is InChI=1S/C12H19N5O2/c1-3-8-6-9(17(2)15-8)12(18)14-10(7-4-5-7)11(13)16-19/h6-7,10,19H,3-5H2,1-2H3,(H2,13,16)(H,14,18). The molecule has 1 aliphatic carbocycles. The number of carbonyl (C=O) groups is 1. The van der Waals surface area contributed by atoms with Crippen molar-refractivity contribution in [2.24, 2.45) is 23.9 Å². The van der Waals surface area contributed by atoms with Gasteiger partial charge in [0.1, 0.15) is 5.69 Å². The van der Waals surface area contributed by atoms with Crippen LogP contribution in [0.15, 0.2) is 11.2 Å². The third kappa shape index (κ3) is 2.86. The summed E-state index contributed by atoms with van der Waals surface area (Å²) >= 11 is 0. The molecule has 1 aromatic heterocycles. The lowest BCUT2D eigenvalue weighted by molar-refractivity contribution is 0.0933. The Labute approximate surface area is 111 Å². The van der Waals surface area contributed by atoms with Gasteiger partial charge in [-0.3, -0.25) is 9.48 Å². The van der Waals surface area contributed by atoms with Gasteiger partial charge in [-0.2, -0.15) is 5.10 Å². The molecular weight excluding hydrogens is 246 g/mol. The van der Waals surface area contributed by atoms with E-state index in [0.29, 0.717) is 5.69 Å². The number of rotatable bonds is 5. The topological polar surface area (TPSA) is 106 Å². The van der Waals surface area contributed by atoms with Crippen molar-refractivity contribution in [2.75, 3.05) is 0 Å². The molecule has 4 N–H and O–H groups in total. The van der Waals surface area contributed by atoms with Crippen LogP contribution in [0.25, 0.3) is 0 Å². The summed E-state index contributed by atoms with van der Waals surface area (Å²) < 4.78 is 1.55. The highest BCUT2D eigenvalue weighted by molar-refractivity contribution is 5.97. The molecule has 1 aliphatic rings. The Hall–Kier alpha value is -2.05. The molecule has 0 spiro atoms. The van der Waals surface area contributed by atoms with Crippen LogP contribution in [0, 0.1) is 5.92 Å². The van der Waals surface area contributed by atoms with Crippen LogP contribution in [0.5, 0.6) is 0 Å². The maximum atomic E-state index is 12.2. The average Bonchev–Trinajstić information content (AvgIpc) is 3.17. The molecule has 1 unspecified atom stereocenters. The first-order valence-corrected chi connectivity index (χ1v) is 6.38. The molecule has 0 radical (unpaired) electrons. The predicted octanol–water partition coefficient (Wildman–Crippen LogP) is 0.237. The lowest BCUT2D eigenvalue weighted by Crippen LogP contribution is -2.46. The molecular formula is C12H19N5O2. The highest BCUT2D eigenvalue weighted by Gasteiger charge is 2.35. The Morgan fingerprint density at radius 3 is 2.89 bits per heavy atom. The highest BCUT2D eigenvalue weighted by atomic mass is 16.4. The molecule has 1 heterocycles. The maximum absolute atomic E-state index is 12.2. The van der Waals surface area contributed by atoms with E-state index in [4.69, 9.17) is 10.9 Å². The maximum Gasteiger partial charge on any atom is 0.270 e. The summed E-state index contributed by atoms with van der Waals surface area (Å²) in [7, 11) is 1.73. The number of oxime groups is 1. The van der Waals surface area contributed by atoms with Crippen molar-refractivity contribution in [1.29, 1.82) is 0 Å². The number of carbonyl (C=O) groups excluding carboxylic acids is 1. The zero-order valence-corrected chi connectivity index (χ0v) is 11.1. The minimum atomic E-state index is -0.405. The van der Waals surface area contributed by atoms with Gasteiger partial charge in [-0.05, 0) is 31.2 Å². The van der Waals surface area contributed by atoms with E-state index in [-0.39, 0.29) is 17.7 Å². The lowest BCUT2D eigenvalue weighted by atomic mass is 10.1. The van der Waals surface area contributed by atoms with Crippen molar-refractivity contribution in [3.05, 3.63) is 17.5 Å². The number of amides is 1. The molecule has 0 saturated heterocycles.